The van der Waals surface area contributed by atoms with Gasteiger partial charge < -0.3 is 19.5 Å². The Morgan fingerprint density at radius 2 is 1.84 bits per heavy atom. The summed E-state index contributed by atoms with van der Waals surface area (Å²) in [5.74, 6) is 3.87. The maximum atomic E-state index is 13.2. The summed E-state index contributed by atoms with van der Waals surface area (Å²) in [5, 5.41) is 3.24. The summed E-state index contributed by atoms with van der Waals surface area (Å²) in [7, 11) is 3.26. The van der Waals surface area contributed by atoms with E-state index in [1.54, 1.807) is 14.2 Å². The van der Waals surface area contributed by atoms with Crippen molar-refractivity contribution < 1.29 is 19.0 Å². The van der Waals surface area contributed by atoms with Crippen molar-refractivity contribution in [2.24, 2.45) is 0 Å². The Bertz CT molecular complexity index is 922. The van der Waals surface area contributed by atoms with Gasteiger partial charge in [0.2, 0.25) is 0 Å². The van der Waals surface area contributed by atoms with E-state index in [1.165, 1.54) is 0 Å². The summed E-state index contributed by atoms with van der Waals surface area (Å²) in [5.41, 5.74) is 1.90. The topological polar surface area (TPSA) is 56.8 Å². The van der Waals surface area contributed by atoms with Gasteiger partial charge in [-0.3, -0.25) is 4.79 Å². The van der Waals surface area contributed by atoms with Gasteiger partial charge >= 0.3 is 0 Å². The van der Waals surface area contributed by atoms with Gasteiger partial charge in [0.05, 0.1) is 14.2 Å². The van der Waals surface area contributed by atoms with Gasteiger partial charge in [0.15, 0.2) is 17.6 Å². The van der Waals surface area contributed by atoms with Gasteiger partial charge in [0, 0.05) is 16.4 Å². The Morgan fingerprint density at radius 1 is 1.13 bits per heavy atom. The van der Waals surface area contributed by atoms with E-state index in [-0.39, 0.29) is 24.5 Å². The number of rotatable bonds is 8. The summed E-state index contributed by atoms with van der Waals surface area (Å²) in [6, 6.07) is 13.5. The van der Waals surface area contributed by atoms with Gasteiger partial charge in [0.1, 0.15) is 6.61 Å². The molecule has 1 fully saturated rings. The third kappa shape index (κ3) is 5.81. The van der Waals surface area contributed by atoms with Crippen LogP contribution in [0.25, 0.3) is 0 Å². The second-order valence-electron chi connectivity index (χ2n) is 7.57. The molecule has 31 heavy (non-hydrogen) atoms. The second kappa shape index (κ2) is 11.2. The molecule has 3 rings (SSSR count). The molecule has 1 unspecified atom stereocenters. The summed E-state index contributed by atoms with van der Waals surface area (Å²) < 4.78 is 17.5. The van der Waals surface area contributed by atoms with Crippen molar-refractivity contribution in [2.45, 2.75) is 43.7 Å². The molecule has 1 aliphatic rings. The lowest BCUT2D eigenvalue weighted by Gasteiger charge is -2.34. The van der Waals surface area contributed by atoms with Crippen molar-refractivity contribution in [2.75, 3.05) is 20.8 Å². The molecule has 0 aromatic heterocycles. The van der Waals surface area contributed by atoms with E-state index < -0.39 is 6.10 Å². The third-order valence-electron chi connectivity index (χ3n) is 5.67. The molecule has 2 aromatic carbocycles. The fourth-order valence-electron chi connectivity index (χ4n) is 4.14. The maximum absolute atomic E-state index is 13.2. The van der Waals surface area contributed by atoms with Crippen LogP contribution < -0.4 is 14.8 Å². The lowest BCUT2D eigenvalue weighted by molar-refractivity contribution is -0.133. The summed E-state index contributed by atoms with van der Waals surface area (Å²) in [6.45, 7) is 0.0674. The van der Waals surface area contributed by atoms with Crippen LogP contribution in [0, 0.1) is 12.3 Å². The summed E-state index contributed by atoms with van der Waals surface area (Å²) in [4.78, 5) is 13.2. The van der Waals surface area contributed by atoms with Crippen molar-refractivity contribution >= 4 is 21.8 Å². The van der Waals surface area contributed by atoms with Crippen LogP contribution in [0.2, 0.25) is 0 Å². The molecule has 1 N–H and O–H groups in total. The molecule has 6 heteroatoms. The van der Waals surface area contributed by atoms with Crippen LogP contribution in [0.1, 0.15) is 48.8 Å². The van der Waals surface area contributed by atoms with Crippen LogP contribution in [-0.4, -0.2) is 32.8 Å². The number of amides is 1. The zero-order valence-electron chi connectivity index (χ0n) is 17.9. The predicted molar refractivity (Wildman–Crippen MR) is 124 cm³/mol. The fraction of sp³-hybridized carbons (Fsp3) is 0.400. The molecule has 0 heterocycles. The number of terminal acetylenes is 1. The molecule has 2 aromatic rings. The van der Waals surface area contributed by atoms with E-state index in [0.717, 1.165) is 41.3 Å². The minimum absolute atomic E-state index is 0.00624. The fourth-order valence-corrected chi connectivity index (χ4v) is 4.40. The molecule has 5 nitrogen and oxygen atoms in total. The minimum atomic E-state index is -0.753. The zero-order valence-corrected chi connectivity index (χ0v) is 19.5. The highest BCUT2D eigenvalue weighted by atomic mass is 79.9. The molecule has 0 saturated heterocycles. The molecule has 0 radical (unpaired) electrons. The second-order valence-corrected chi connectivity index (χ2v) is 8.48. The van der Waals surface area contributed by atoms with Crippen molar-refractivity contribution in [1.82, 2.24) is 5.32 Å². The molecule has 1 aliphatic carbocycles. The first-order valence-corrected chi connectivity index (χ1v) is 11.2. The number of carbonyl (C=O) groups excluding carboxylic acids is 1. The highest BCUT2D eigenvalue weighted by molar-refractivity contribution is 9.10. The SMILES string of the molecule is C#CCOC(C(=O)N[C@@H]1CCCC[C@H]1c1ccc(OC)c(OC)c1)c1ccc(Br)cc1. The molecule has 164 valence electrons. The van der Waals surface area contributed by atoms with Crippen molar-refractivity contribution in [3.8, 4) is 23.8 Å². The molecule has 0 spiro atoms. The number of hydrogen-bond donors (Lipinski definition) is 1. The van der Waals surface area contributed by atoms with Crippen molar-refractivity contribution in [1.29, 1.82) is 0 Å². The Kier molecular flexibility index (Phi) is 8.39. The lowest BCUT2D eigenvalue weighted by atomic mass is 9.79. The largest absolute Gasteiger partial charge is 0.493 e. The number of halogens is 1. The standard InChI is InChI=1S/C25H28BrNO4/c1-4-15-31-24(17-9-12-19(26)13-10-17)25(28)27-21-8-6-5-7-20(21)18-11-14-22(29-2)23(16-18)30-3/h1,9-14,16,20-21,24H,5-8,15H2,2-3H3,(H,27,28)/t20-,21+,24?/m0/s1. The van der Waals surface area contributed by atoms with Crippen molar-refractivity contribution in [3.63, 3.8) is 0 Å². The van der Waals surface area contributed by atoms with Crippen LogP contribution in [0.3, 0.4) is 0 Å². The van der Waals surface area contributed by atoms with E-state index in [0.29, 0.717) is 11.5 Å². The highest BCUT2D eigenvalue weighted by Gasteiger charge is 2.31. The van der Waals surface area contributed by atoms with Gasteiger partial charge in [-0.2, -0.15) is 0 Å². The van der Waals surface area contributed by atoms with Gasteiger partial charge in [-0.25, -0.2) is 0 Å². The van der Waals surface area contributed by atoms with Crippen LogP contribution >= 0.6 is 15.9 Å². The van der Waals surface area contributed by atoms with Crippen LogP contribution in [-0.2, 0) is 9.53 Å². The lowest BCUT2D eigenvalue weighted by Crippen LogP contribution is -2.43. The van der Waals surface area contributed by atoms with E-state index in [9.17, 15) is 4.79 Å². The van der Waals surface area contributed by atoms with Gasteiger partial charge in [-0.05, 0) is 48.2 Å². The van der Waals surface area contributed by atoms with Crippen LogP contribution in [0.5, 0.6) is 11.5 Å². The highest BCUT2D eigenvalue weighted by Crippen LogP contribution is 2.38. The van der Waals surface area contributed by atoms with E-state index >= 15 is 0 Å². The van der Waals surface area contributed by atoms with Crippen LogP contribution in [0.4, 0.5) is 0 Å². The zero-order chi connectivity index (χ0) is 22.2. The molecule has 0 bridgehead atoms. The molecule has 1 amide bonds. The molecule has 0 aliphatic heterocycles. The van der Waals surface area contributed by atoms with Gasteiger partial charge in [0.25, 0.3) is 5.91 Å². The number of hydrogen-bond acceptors (Lipinski definition) is 4. The Labute approximate surface area is 192 Å². The first-order valence-electron chi connectivity index (χ1n) is 10.4. The number of carbonyl (C=O) groups is 1. The summed E-state index contributed by atoms with van der Waals surface area (Å²) >= 11 is 3.43. The predicted octanol–water partition coefficient (Wildman–Crippen LogP) is 5.00. The Balaban J connectivity index is 1.81. The quantitative estimate of drug-likeness (QED) is 0.534. The maximum Gasteiger partial charge on any atom is 0.254 e. The van der Waals surface area contributed by atoms with E-state index in [2.05, 4.69) is 33.2 Å². The molecular weight excluding hydrogens is 458 g/mol. The molecule has 3 atom stereocenters. The van der Waals surface area contributed by atoms with Crippen molar-refractivity contribution in [3.05, 3.63) is 58.1 Å². The van der Waals surface area contributed by atoms with Gasteiger partial charge in [-0.15, -0.1) is 6.42 Å². The number of benzene rings is 2. The number of ether oxygens (including phenoxy) is 3. The van der Waals surface area contributed by atoms with Gasteiger partial charge in [-0.1, -0.05) is 52.9 Å². The average molecular weight is 486 g/mol. The minimum Gasteiger partial charge on any atom is -0.493 e. The Hall–Kier alpha value is -2.49. The first-order chi connectivity index (χ1) is 15.1. The normalized spacial score (nSPS) is 19.2. The average Bonchev–Trinajstić information content (AvgIpc) is 2.80. The van der Waals surface area contributed by atoms with Crippen LogP contribution in [0.15, 0.2) is 46.9 Å². The molecule has 1 saturated carbocycles. The molecular formula is C25H28BrNO4. The number of methoxy groups -OCH3 is 2. The third-order valence-corrected chi connectivity index (χ3v) is 6.20. The Morgan fingerprint density at radius 3 is 2.52 bits per heavy atom. The van der Waals surface area contributed by atoms with E-state index in [4.69, 9.17) is 20.6 Å². The van der Waals surface area contributed by atoms with E-state index in [1.807, 2.05) is 36.4 Å². The summed E-state index contributed by atoms with van der Waals surface area (Å²) in [6.07, 6.45) is 8.72. The monoisotopic (exact) mass is 485 g/mol. The first kappa shape index (κ1) is 23.2. The smallest absolute Gasteiger partial charge is 0.254 e. The number of nitrogens with one attached hydrogen (secondary N) is 1.